The molecule has 1 saturated carbocycles. The minimum absolute atomic E-state index is 0.105. The largest absolute Gasteiger partial charge is 0.454 e. The summed E-state index contributed by atoms with van der Waals surface area (Å²) in [6.45, 7) is 0.609. The molecule has 0 aromatic heterocycles. The summed E-state index contributed by atoms with van der Waals surface area (Å²) in [6.07, 6.45) is -1.92. The second kappa shape index (κ2) is 8.23. The zero-order chi connectivity index (χ0) is 22.4. The summed E-state index contributed by atoms with van der Waals surface area (Å²) in [4.78, 5) is 17.1. The average molecular weight is 456 g/mol. The third kappa shape index (κ3) is 3.56. The van der Waals surface area contributed by atoms with Crippen molar-refractivity contribution in [2.75, 3.05) is 18.7 Å². The molecular weight excluding hydrogens is 430 g/mol. The van der Waals surface area contributed by atoms with Crippen LogP contribution in [0.1, 0.15) is 12.0 Å². The first-order valence-corrected chi connectivity index (χ1v) is 11.0. The summed E-state index contributed by atoms with van der Waals surface area (Å²) in [5.74, 6) is 0.587. The van der Waals surface area contributed by atoms with Crippen LogP contribution >= 0.6 is 12.2 Å². The molecule has 3 N–H and O–H groups in total. The van der Waals surface area contributed by atoms with Gasteiger partial charge in [-0.1, -0.05) is 30.3 Å². The average Bonchev–Trinajstić information content (AvgIpc) is 3.40. The molecule has 2 fully saturated rings. The topological polar surface area (TPSA) is 94.5 Å². The van der Waals surface area contributed by atoms with Crippen LogP contribution in [0.25, 0.3) is 0 Å². The zero-order valence-electron chi connectivity index (χ0n) is 17.5. The maximum absolute atomic E-state index is 13.6. The predicted octanol–water partition coefficient (Wildman–Crippen LogP) is 1.25. The molecule has 168 valence electrons. The number of ether oxygens (including phenoxy) is 2. The maximum atomic E-state index is 13.6. The van der Waals surface area contributed by atoms with Crippen molar-refractivity contribution in [1.29, 1.82) is 0 Å². The summed E-state index contributed by atoms with van der Waals surface area (Å²) in [7, 11) is 1.76. The summed E-state index contributed by atoms with van der Waals surface area (Å²) >= 11 is 5.59. The Hall–Kier alpha value is -2.88. The molecule has 5 atom stereocenters. The molecule has 2 aromatic carbocycles. The van der Waals surface area contributed by atoms with Gasteiger partial charge in [-0.2, -0.15) is 0 Å². The molecule has 1 saturated heterocycles. The number of rotatable bonds is 4. The van der Waals surface area contributed by atoms with E-state index in [-0.39, 0.29) is 19.1 Å². The molecule has 1 aliphatic carbocycles. The number of amides is 1. The molecule has 5 unspecified atom stereocenters. The smallest absolute Gasteiger partial charge is 0.231 e. The van der Waals surface area contributed by atoms with Crippen LogP contribution in [-0.4, -0.2) is 64.3 Å². The number of hydrogen-bond acceptors (Lipinski definition) is 6. The van der Waals surface area contributed by atoms with Crippen molar-refractivity contribution < 1.29 is 24.5 Å². The number of hydrogen-bond donors (Lipinski definition) is 3. The Labute approximate surface area is 191 Å². The van der Waals surface area contributed by atoms with Crippen molar-refractivity contribution in [3.8, 4) is 11.5 Å². The van der Waals surface area contributed by atoms with Crippen molar-refractivity contribution in [3.63, 3.8) is 0 Å². The molecule has 1 amide bonds. The quantitative estimate of drug-likeness (QED) is 0.593. The normalized spacial score (nSPS) is 28.3. The zero-order valence-corrected chi connectivity index (χ0v) is 18.4. The molecule has 0 spiro atoms. The van der Waals surface area contributed by atoms with E-state index in [2.05, 4.69) is 5.32 Å². The fourth-order valence-corrected chi connectivity index (χ4v) is 5.24. The second-order valence-corrected chi connectivity index (χ2v) is 8.84. The highest BCUT2D eigenvalue weighted by Crippen LogP contribution is 2.41. The van der Waals surface area contributed by atoms with Crippen molar-refractivity contribution >= 4 is 28.9 Å². The molecule has 3 aliphatic rings. The fourth-order valence-electron chi connectivity index (χ4n) is 4.88. The lowest BCUT2D eigenvalue weighted by molar-refractivity contribution is -0.141. The van der Waals surface area contributed by atoms with E-state index >= 15 is 0 Å². The fraction of sp³-hybridized carbons (Fsp3) is 0.391. The number of benzene rings is 2. The van der Waals surface area contributed by atoms with Crippen molar-refractivity contribution in [2.24, 2.45) is 5.92 Å². The van der Waals surface area contributed by atoms with Gasteiger partial charge in [-0.3, -0.25) is 4.79 Å². The molecule has 8 nitrogen and oxygen atoms in total. The lowest BCUT2D eigenvalue weighted by Gasteiger charge is -2.42. The van der Waals surface area contributed by atoms with Crippen LogP contribution in [0, 0.1) is 5.92 Å². The van der Waals surface area contributed by atoms with E-state index in [1.165, 1.54) is 0 Å². The predicted molar refractivity (Wildman–Crippen MR) is 121 cm³/mol. The Balaban J connectivity index is 1.46. The van der Waals surface area contributed by atoms with Gasteiger partial charge in [0, 0.05) is 25.3 Å². The first-order chi connectivity index (χ1) is 15.4. The number of nitrogens with one attached hydrogen (secondary N) is 1. The molecular formula is C23H25N3O5S. The van der Waals surface area contributed by atoms with Crippen LogP contribution < -0.4 is 19.7 Å². The van der Waals surface area contributed by atoms with Crippen molar-refractivity contribution in [3.05, 3.63) is 54.1 Å². The first-order valence-electron chi connectivity index (χ1n) is 10.6. The minimum Gasteiger partial charge on any atom is -0.454 e. The standard InChI is InChI=1S/C23H25N3O5S/c1-25(11-13-5-3-2-4-6-13)22(29)15-10-16(27)21(28)19-20(15)26(23(32)24-19)14-7-8-17-18(9-14)31-12-30-17/h2-9,15-16,19-21,27-28H,10-12H2,1H3,(H,24,32). The number of aliphatic hydroxyl groups excluding tert-OH is 2. The molecule has 0 bridgehead atoms. The van der Waals surface area contributed by atoms with E-state index in [0.717, 1.165) is 11.3 Å². The van der Waals surface area contributed by atoms with Gasteiger partial charge in [-0.05, 0) is 36.3 Å². The molecule has 5 rings (SSSR count). The van der Waals surface area contributed by atoms with Crippen LogP contribution in [0.2, 0.25) is 0 Å². The number of nitrogens with zero attached hydrogens (tertiary/aromatic N) is 2. The second-order valence-electron chi connectivity index (χ2n) is 8.45. The third-order valence-electron chi connectivity index (χ3n) is 6.44. The Morgan fingerprint density at radius 2 is 1.94 bits per heavy atom. The van der Waals surface area contributed by atoms with Crippen molar-refractivity contribution in [2.45, 2.75) is 37.3 Å². The van der Waals surface area contributed by atoms with E-state index in [9.17, 15) is 15.0 Å². The monoisotopic (exact) mass is 455 g/mol. The van der Waals surface area contributed by atoms with Gasteiger partial charge in [0.25, 0.3) is 0 Å². The highest BCUT2D eigenvalue weighted by Gasteiger charge is 2.54. The SMILES string of the molecule is CN(Cc1ccccc1)C(=O)C1CC(O)C(O)C2NC(=S)N(c3ccc4c(c3)OCO4)C12. The van der Waals surface area contributed by atoms with E-state index < -0.39 is 30.2 Å². The molecule has 2 aliphatic heterocycles. The number of carbonyl (C=O) groups excluding carboxylic acids is 1. The Bertz CT molecular complexity index is 1040. The van der Waals surface area contributed by atoms with Crippen LogP contribution in [-0.2, 0) is 11.3 Å². The van der Waals surface area contributed by atoms with E-state index in [0.29, 0.717) is 23.2 Å². The van der Waals surface area contributed by atoms with Crippen LogP contribution in [0.4, 0.5) is 5.69 Å². The number of aliphatic hydroxyl groups is 2. The lowest BCUT2D eigenvalue weighted by Crippen LogP contribution is -2.61. The molecule has 32 heavy (non-hydrogen) atoms. The van der Waals surface area contributed by atoms with Gasteiger partial charge in [0.1, 0.15) is 6.10 Å². The lowest BCUT2D eigenvalue weighted by atomic mass is 9.77. The highest BCUT2D eigenvalue weighted by atomic mass is 32.1. The van der Waals surface area contributed by atoms with Gasteiger partial charge in [0.2, 0.25) is 12.7 Å². The first kappa shape index (κ1) is 21.0. The van der Waals surface area contributed by atoms with E-state index in [1.807, 2.05) is 47.4 Å². The van der Waals surface area contributed by atoms with Gasteiger partial charge in [0.05, 0.1) is 24.1 Å². The summed E-state index contributed by atoms with van der Waals surface area (Å²) < 4.78 is 10.9. The number of thiocarbonyl (C=S) groups is 1. The van der Waals surface area contributed by atoms with Crippen LogP contribution in [0.15, 0.2) is 48.5 Å². The van der Waals surface area contributed by atoms with Gasteiger partial charge < -0.3 is 34.8 Å². The molecule has 0 radical (unpaired) electrons. The van der Waals surface area contributed by atoms with Crippen molar-refractivity contribution in [1.82, 2.24) is 10.2 Å². The molecule has 9 heteroatoms. The van der Waals surface area contributed by atoms with Gasteiger partial charge >= 0.3 is 0 Å². The third-order valence-corrected chi connectivity index (χ3v) is 6.75. The van der Waals surface area contributed by atoms with Gasteiger partial charge in [-0.15, -0.1) is 0 Å². The summed E-state index contributed by atoms with van der Waals surface area (Å²) in [5, 5.41) is 24.7. The maximum Gasteiger partial charge on any atom is 0.231 e. The highest BCUT2D eigenvalue weighted by molar-refractivity contribution is 7.80. The van der Waals surface area contributed by atoms with E-state index in [1.54, 1.807) is 18.0 Å². The van der Waals surface area contributed by atoms with E-state index in [4.69, 9.17) is 21.7 Å². The van der Waals surface area contributed by atoms with Crippen LogP contribution in [0.5, 0.6) is 11.5 Å². The number of anilines is 1. The molecule has 2 aromatic rings. The summed E-state index contributed by atoms with van der Waals surface area (Å²) in [5.41, 5.74) is 1.76. The number of carbonyl (C=O) groups is 1. The van der Waals surface area contributed by atoms with Crippen LogP contribution in [0.3, 0.4) is 0 Å². The minimum atomic E-state index is -1.04. The Morgan fingerprint density at radius 1 is 1.19 bits per heavy atom. The Morgan fingerprint density at radius 3 is 2.72 bits per heavy atom. The number of fused-ring (bicyclic) bond motifs is 2. The van der Waals surface area contributed by atoms with Gasteiger partial charge in [-0.25, -0.2) is 0 Å². The Kier molecular flexibility index (Phi) is 5.40. The summed E-state index contributed by atoms with van der Waals surface area (Å²) in [6, 6.07) is 14.2. The van der Waals surface area contributed by atoms with Gasteiger partial charge in [0.15, 0.2) is 16.6 Å². The molecule has 2 heterocycles.